The maximum Gasteiger partial charge on any atom is 0.151 e. The SMILES string of the molecule is COc1ccc2ccccc2c1CN[C@H]1CCS(=O)(=O)C1. The average molecular weight is 305 g/mol. The minimum Gasteiger partial charge on any atom is -0.496 e. The largest absolute Gasteiger partial charge is 0.496 e. The van der Waals surface area contributed by atoms with E-state index in [0.717, 1.165) is 22.1 Å². The predicted octanol–water partition coefficient (Wildman–Crippen LogP) is 2.13. The Bertz CT molecular complexity index is 755. The maximum atomic E-state index is 11.5. The second kappa shape index (κ2) is 5.66. The highest BCUT2D eigenvalue weighted by Gasteiger charge is 2.27. The van der Waals surface area contributed by atoms with E-state index >= 15 is 0 Å². The molecule has 0 radical (unpaired) electrons. The van der Waals surface area contributed by atoms with Crippen molar-refractivity contribution in [2.24, 2.45) is 0 Å². The second-order valence-corrected chi connectivity index (χ2v) is 7.68. The molecule has 5 heteroatoms. The highest BCUT2D eigenvalue weighted by atomic mass is 32.2. The second-order valence-electron chi connectivity index (χ2n) is 5.45. The van der Waals surface area contributed by atoms with E-state index in [1.807, 2.05) is 24.3 Å². The van der Waals surface area contributed by atoms with Crippen molar-refractivity contribution in [1.29, 1.82) is 0 Å². The van der Waals surface area contributed by atoms with Crippen LogP contribution in [0, 0.1) is 0 Å². The van der Waals surface area contributed by atoms with Gasteiger partial charge < -0.3 is 10.1 Å². The van der Waals surface area contributed by atoms with Crippen LogP contribution in [0.2, 0.25) is 0 Å². The molecular formula is C16H19NO3S. The molecule has 4 nitrogen and oxygen atoms in total. The van der Waals surface area contributed by atoms with E-state index in [0.29, 0.717) is 13.0 Å². The van der Waals surface area contributed by atoms with Crippen LogP contribution in [0.1, 0.15) is 12.0 Å². The lowest BCUT2D eigenvalue weighted by Gasteiger charge is -2.15. The number of benzene rings is 2. The van der Waals surface area contributed by atoms with Gasteiger partial charge in [-0.2, -0.15) is 0 Å². The monoisotopic (exact) mass is 305 g/mol. The molecular weight excluding hydrogens is 286 g/mol. The molecule has 3 rings (SSSR count). The van der Waals surface area contributed by atoms with Crippen molar-refractivity contribution in [3.8, 4) is 5.75 Å². The standard InChI is InChI=1S/C16H19NO3S/c1-20-16-7-6-12-4-2-3-5-14(12)15(16)10-17-13-8-9-21(18,19)11-13/h2-7,13,17H,8-11H2,1H3/t13-/m0/s1. The molecule has 1 aliphatic heterocycles. The predicted molar refractivity (Wildman–Crippen MR) is 84.4 cm³/mol. The average Bonchev–Trinajstić information content (AvgIpc) is 2.84. The number of fused-ring (bicyclic) bond motifs is 1. The molecule has 0 saturated carbocycles. The first-order chi connectivity index (χ1) is 10.1. The molecule has 1 atom stereocenters. The molecule has 0 amide bonds. The molecule has 1 N–H and O–H groups in total. The fourth-order valence-electron chi connectivity index (χ4n) is 2.89. The lowest BCUT2D eigenvalue weighted by Crippen LogP contribution is -2.29. The number of hydrogen-bond acceptors (Lipinski definition) is 4. The Hall–Kier alpha value is -1.59. The Labute approximate surface area is 125 Å². The molecule has 0 bridgehead atoms. The van der Waals surface area contributed by atoms with Gasteiger partial charge in [0.2, 0.25) is 0 Å². The van der Waals surface area contributed by atoms with Crippen molar-refractivity contribution in [3.05, 3.63) is 42.0 Å². The van der Waals surface area contributed by atoms with Gasteiger partial charge in [0.15, 0.2) is 9.84 Å². The number of sulfone groups is 1. The van der Waals surface area contributed by atoms with Gasteiger partial charge in [-0.3, -0.25) is 0 Å². The molecule has 1 aliphatic rings. The Morgan fingerprint density at radius 2 is 2.05 bits per heavy atom. The number of rotatable bonds is 4. The summed E-state index contributed by atoms with van der Waals surface area (Å²) in [4.78, 5) is 0. The molecule has 2 aromatic carbocycles. The smallest absolute Gasteiger partial charge is 0.151 e. The highest BCUT2D eigenvalue weighted by molar-refractivity contribution is 7.91. The van der Waals surface area contributed by atoms with Gasteiger partial charge in [-0.05, 0) is 23.3 Å². The summed E-state index contributed by atoms with van der Waals surface area (Å²) in [5.41, 5.74) is 1.08. The summed E-state index contributed by atoms with van der Waals surface area (Å²) >= 11 is 0. The minimum atomic E-state index is -2.85. The molecule has 1 fully saturated rings. The van der Waals surface area contributed by atoms with Crippen LogP contribution in [-0.4, -0.2) is 33.1 Å². The van der Waals surface area contributed by atoms with Crippen molar-refractivity contribution in [2.45, 2.75) is 19.0 Å². The van der Waals surface area contributed by atoms with Gasteiger partial charge in [0.05, 0.1) is 18.6 Å². The van der Waals surface area contributed by atoms with Crippen molar-refractivity contribution < 1.29 is 13.2 Å². The van der Waals surface area contributed by atoms with Crippen LogP contribution < -0.4 is 10.1 Å². The molecule has 0 spiro atoms. The Morgan fingerprint density at radius 1 is 1.24 bits per heavy atom. The molecule has 1 saturated heterocycles. The van der Waals surface area contributed by atoms with Gasteiger partial charge in [0, 0.05) is 18.2 Å². The third-order valence-corrected chi connectivity index (χ3v) is 5.79. The van der Waals surface area contributed by atoms with E-state index in [9.17, 15) is 8.42 Å². The maximum absolute atomic E-state index is 11.5. The summed E-state index contributed by atoms with van der Waals surface area (Å²) in [7, 11) is -1.19. The molecule has 0 unspecified atom stereocenters. The molecule has 112 valence electrons. The first-order valence-electron chi connectivity index (χ1n) is 7.07. The van der Waals surface area contributed by atoms with Crippen LogP contribution >= 0.6 is 0 Å². The van der Waals surface area contributed by atoms with E-state index in [2.05, 4.69) is 17.4 Å². The topological polar surface area (TPSA) is 55.4 Å². The zero-order valence-corrected chi connectivity index (χ0v) is 12.8. The van der Waals surface area contributed by atoms with Gasteiger partial charge in [-0.1, -0.05) is 30.3 Å². The molecule has 0 aliphatic carbocycles. The number of methoxy groups -OCH3 is 1. The molecule has 1 heterocycles. The summed E-state index contributed by atoms with van der Waals surface area (Å²) in [6.07, 6.45) is 0.690. The Kier molecular flexibility index (Phi) is 3.87. The van der Waals surface area contributed by atoms with Crippen molar-refractivity contribution in [3.63, 3.8) is 0 Å². The highest BCUT2D eigenvalue weighted by Crippen LogP contribution is 2.28. The fraction of sp³-hybridized carbons (Fsp3) is 0.375. The zero-order valence-electron chi connectivity index (χ0n) is 12.0. The van der Waals surface area contributed by atoms with E-state index < -0.39 is 9.84 Å². The Morgan fingerprint density at radius 3 is 2.76 bits per heavy atom. The fourth-order valence-corrected chi connectivity index (χ4v) is 4.60. The zero-order chi connectivity index (χ0) is 14.9. The van der Waals surface area contributed by atoms with Crippen molar-refractivity contribution in [1.82, 2.24) is 5.32 Å². The van der Waals surface area contributed by atoms with Crippen LogP contribution in [0.25, 0.3) is 10.8 Å². The summed E-state index contributed by atoms with van der Waals surface area (Å²) in [6.45, 7) is 0.616. The molecule has 21 heavy (non-hydrogen) atoms. The minimum absolute atomic E-state index is 0.0404. The first-order valence-corrected chi connectivity index (χ1v) is 8.89. The van der Waals surface area contributed by atoms with Gasteiger partial charge in [0.25, 0.3) is 0 Å². The first kappa shape index (κ1) is 14.4. The number of hydrogen-bond donors (Lipinski definition) is 1. The number of ether oxygens (including phenoxy) is 1. The molecule has 0 aromatic heterocycles. The van der Waals surface area contributed by atoms with E-state index in [1.165, 1.54) is 0 Å². The molecule has 2 aromatic rings. The van der Waals surface area contributed by atoms with Crippen LogP contribution in [0.3, 0.4) is 0 Å². The van der Waals surface area contributed by atoms with Crippen LogP contribution in [0.4, 0.5) is 0 Å². The third kappa shape index (κ3) is 3.04. The normalized spacial score (nSPS) is 20.7. The van der Waals surface area contributed by atoms with Crippen LogP contribution in [-0.2, 0) is 16.4 Å². The van der Waals surface area contributed by atoms with E-state index in [-0.39, 0.29) is 17.5 Å². The number of nitrogens with one attached hydrogen (secondary N) is 1. The summed E-state index contributed by atoms with van der Waals surface area (Å²) < 4.78 is 28.5. The van der Waals surface area contributed by atoms with E-state index in [4.69, 9.17) is 4.74 Å². The van der Waals surface area contributed by atoms with Gasteiger partial charge in [-0.25, -0.2) is 8.42 Å². The lowest BCUT2D eigenvalue weighted by molar-refractivity contribution is 0.407. The Balaban J connectivity index is 1.86. The van der Waals surface area contributed by atoms with Gasteiger partial charge in [0.1, 0.15) is 5.75 Å². The van der Waals surface area contributed by atoms with Crippen molar-refractivity contribution in [2.75, 3.05) is 18.6 Å². The summed E-state index contributed by atoms with van der Waals surface area (Å²) in [6, 6.07) is 12.2. The lowest BCUT2D eigenvalue weighted by atomic mass is 10.0. The van der Waals surface area contributed by atoms with Crippen molar-refractivity contribution >= 4 is 20.6 Å². The van der Waals surface area contributed by atoms with Gasteiger partial charge >= 0.3 is 0 Å². The van der Waals surface area contributed by atoms with Crippen LogP contribution in [0.15, 0.2) is 36.4 Å². The van der Waals surface area contributed by atoms with E-state index in [1.54, 1.807) is 7.11 Å². The third-order valence-electron chi connectivity index (χ3n) is 4.02. The van der Waals surface area contributed by atoms with Gasteiger partial charge in [-0.15, -0.1) is 0 Å². The summed E-state index contributed by atoms with van der Waals surface area (Å²) in [5, 5.41) is 5.67. The van der Waals surface area contributed by atoms with Crippen LogP contribution in [0.5, 0.6) is 5.75 Å². The quantitative estimate of drug-likeness (QED) is 0.940. The summed E-state index contributed by atoms with van der Waals surface area (Å²) in [5.74, 6) is 1.36.